The number of β-amino-alcohol motifs (C(OH)–C–C–N with tert-alkyl or cyclic N) is 1. The molecule has 1 heterocycles. The van der Waals surface area contributed by atoms with Crippen LogP contribution in [0.2, 0.25) is 5.02 Å². The largest absolute Gasteiger partial charge is 0.489 e. The molecule has 0 bridgehead atoms. The molecule has 1 fully saturated rings. The van der Waals surface area contributed by atoms with Crippen molar-refractivity contribution in [2.75, 3.05) is 44.2 Å². The molecule has 1 N–H and O–H groups in total. The van der Waals surface area contributed by atoms with Gasteiger partial charge in [0.1, 0.15) is 18.5 Å². The molecule has 4 nitrogen and oxygen atoms in total. The van der Waals surface area contributed by atoms with Gasteiger partial charge < -0.3 is 14.7 Å². The highest BCUT2D eigenvalue weighted by molar-refractivity contribution is 6.37. The maximum Gasteiger partial charge on any atom is 0.138 e. The van der Waals surface area contributed by atoms with E-state index >= 15 is 0 Å². The second kappa shape index (κ2) is 8.82. The number of ether oxygens (including phenoxy) is 1. The van der Waals surface area contributed by atoms with Gasteiger partial charge in [0, 0.05) is 43.8 Å². The van der Waals surface area contributed by atoms with Crippen molar-refractivity contribution >= 4 is 28.1 Å². The number of rotatable bonds is 6. The van der Waals surface area contributed by atoms with Gasteiger partial charge in [-0.2, -0.15) is 0 Å². The van der Waals surface area contributed by atoms with E-state index in [1.54, 1.807) is 0 Å². The molecule has 0 saturated carbocycles. The molecule has 1 aliphatic heterocycles. The van der Waals surface area contributed by atoms with E-state index in [0.717, 1.165) is 37.0 Å². The zero-order valence-corrected chi connectivity index (χ0v) is 16.6. The minimum Gasteiger partial charge on any atom is -0.489 e. The van der Waals surface area contributed by atoms with E-state index in [-0.39, 0.29) is 6.61 Å². The van der Waals surface area contributed by atoms with Gasteiger partial charge in [-0.3, -0.25) is 4.90 Å². The summed E-state index contributed by atoms with van der Waals surface area (Å²) in [6.07, 6.45) is -0.550. The van der Waals surface area contributed by atoms with E-state index in [1.165, 1.54) is 5.69 Å². The summed E-state index contributed by atoms with van der Waals surface area (Å²) in [6.45, 7) is 4.64. The summed E-state index contributed by atoms with van der Waals surface area (Å²) < 4.78 is 5.82. The highest BCUT2D eigenvalue weighted by Gasteiger charge is 2.20. The first-order valence-corrected chi connectivity index (χ1v) is 10.1. The van der Waals surface area contributed by atoms with Gasteiger partial charge in [0.2, 0.25) is 0 Å². The van der Waals surface area contributed by atoms with E-state index in [9.17, 15) is 5.11 Å². The Balaban J connectivity index is 1.27. The average Bonchev–Trinajstić information content (AvgIpc) is 2.75. The smallest absolute Gasteiger partial charge is 0.138 e. The summed E-state index contributed by atoms with van der Waals surface area (Å²) in [5.74, 6) is 0.619. The number of aliphatic hydroxyl groups excluding tert-OH is 1. The zero-order valence-electron chi connectivity index (χ0n) is 15.8. The quantitative estimate of drug-likeness (QED) is 0.681. The Kier molecular flexibility index (Phi) is 6.01. The van der Waals surface area contributed by atoms with Crippen molar-refractivity contribution in [1.29, 1.82) is 0 Å². The molecule has 1 unspecified atom stereocenters. The van der Waals surface area contributed by atoms with Crippen molar-refractivity contribution < 1.29 is 9.84 Å². The molecule has 0 amide bonds. The Bertz CT molecular complexity index is 911. The lowest BCUT2D eigenvalue weighted by molar-refractivity contribution is 0.0664. The fraction of sp³-hybridized carbons (Fsp3) is 0.304. The molecule has 1 saturated heterocycles. The number of nitrogens with zero attached hydrogens (tertiary/aromatic N) is 2. The first-order chi connectivity index (χ1) is 13.7. The Morgan fingerprint density at radius 1 is 0.893 bits per heavy atom. The van der Waals surface area contributed by atoms with Crippen LogP contribution in [-0.4, -0.2) is 55.4 Å². The Morgan fingerprint density at radius 3 is 2.39 bits per heavy atom. The van der Waals surface area contributed by atoms with Crippen LogP contribution in [0.4, 0.5) is 5.69 Å². The van der Waals surface area contributed by atoms with Crippen LogP contribution >= 0.6 is 11.6 Å². The SMILES string of the molecule is OC(COc1ccc2ccccc2c1Cl)CN1CCN(c2ccccc2)CC1. The molecule has 5 heteroatoms. The Morgan fingerprint density at radius 2 is 1.61 bits per heavy atom. The number of para-hydroxylation sites is 1. The van der Waals surface area contributed by atoms with Gasteiger partial charge in [-0.05, 0) is 23.6 Å². The molecule has 3 aromatic carbocycles. The van der Waals surface area contributed by atoms with E-state index in [4.69, 9.17) is 16.3 Å². The van der Waals surface area contributed by atoms with Crippen LogP contribution < -0.4 is 9.64 Å². The van der Waals surface area contributed by atoms with E-state index < -0.39 is 6.10 Å². The maximum absolute atomic E-state index is 10.4. The summed E-state index contributed by atoms with van der Waals surface area (Å²) in [6, 6.07) is 22.3. The van der Waals surface area contributed by atoms with Crippen LogP contribution in [0, 0.1) is 0 Å². The van der Waals surface area contributed by atoms with Crippen LogP contribution in [0.15, 0.2) is 66.7 Å². The van der Waals surface area contributed by atoms with Gasteiger partial charge in [-0.25, -0.2) is 0 Å². The maximum atomic E-state index is 10.4. The number of hydrogen-bond donors (Lipinski definition) is 1. The van der Waals surface area contributed by atoms with Crippen molar-refractivity contribution in [2.45, 2.75) is 6.10 Å². The molecule has 0 aliphatic carbocycles. The molecule has 3 aromatic rings. The Labute approximate surface area is 170 Å². The van der Waals surface area contributed by atoms with Crippen LogP contribution in [0.25, 0.3) is 10.8 Å². The number of halogens is 1. The van der Waals surface area contributed by atoms with Crippen LogP contribution in [0.3, 0.4) is 0 Å². The lowest BCUT2D eigenvalue weighted by Gasteiger charge is -2.36. The summed E-state index contributed by atoms with van der Waals surface area (Å²) in [4.78, 5) is 4.67. The van der Waals surface area contributed by atoms with Crippen molar-refractivity contribution in [3.8, 4) is 5.75 Å². The van der Waals surface area contributed by atoms with Gasteiger partial charge in [0.25, 0.3) is 0 Å². The average molecular weight is 397 g/mol. The minimum atomic E-state index is -0.550. The van der Waals surface area contributed by atoms with E-state index in [0.29, 0.717) is 17.3 Å². The lowest BCUT2D eigenvalue weighted by Crippen LogP contribution is -2.49. The normalized spacial score (nSPS) is 16.3. The first-order valence-electron chi connectivity index (χ1n) is 9.71. The number of fused-ring (bicyclic) bond motifs is 1. The Hall–Kier alpha value is -2.27. The summed E-state index contributed by atoms with van der Waals surface area (Å²) in [5.41, 5.74) is 1.26. The standard InChI is InChI=1S/C23H25ClN2O2/c24-23-21-9-5-4-6-18(21)10-11-22(23)28-17-20(27)16-25-12-14-26(15-13-25)19-7-2-1-3-8-19/h1-11,20,27H,12-17H2. The van der Waals surface area contributed by atoms with Gasteiger partial charge in [0.05, 0.1) is 5.02 Å². The fourth-order valence-electron chi connectivity index (χ4n) is 3.69. The predicted octanol–water partition coefficient (Wildman–Crippen LogP) is 4.06. The molecule has 28 heavy (non-hydrogen) atoms. The lowest BCUT2D eigenvalue weighted by atomic mass is 10.1. The third-order valence-electron chi connectivity index (χ3n) is 5.22. The number of benzene rings is 3. The molecule has 0 radical (unpaired) electrons. The van der Waals surface area contributed by atoms with Crippen LogP contribution in [0.1, 0.15) is 0 Å². The van der Waals surface area contributed by atoms with Crippen molar-refractivity contribution in [1.82, 2.24) is 4.90 Å². The summed E-state index contributed by atoms with van der Waals surface area (Å²) in [7, 11) is 0. The third kappa shape index (κ3) is 4.41. The van der Waals surface area contributed by atoms with Crippen LogP contribution in [-0.2, 0) is 0 Å². The van der Waals surface area contributed by atoms with Crippen LogP contribution in [0.5, 0.6) is 5.75 Å². The molecular weight excluding hydrogens is 372 g/mol. The molecule has 1 aliphatic rings. The minimum absolute atomic E-state index is 0.233. The van der Waals surface area contributed by atoms with Gasteiger partial charge >= 0.3 is 0 Å². The highest BCUT2D eigenvalue weighted by Crippen LogP contribution is 2.32. The third-order valence-corrected chi connectivity index (χ3v) is 5.61. The molecule has 0 aromatic heterocycles. The highest BCUT2D eigenvalue weighted by atomic mass is 35.5. The van der Waals surface area contributed by atoms with Crippen molar-refractivity contribution in [3.63, 3.8) is 0 Å². The second-order valence-corrected chi connectivity index (χ2v) is 7.56. The van der Waals surface area contributed by atoms with Crippen molar-refractivity contribution in [3.05, 3.63) is 71.8 Å². The summed E-state index contributed by atoms with van der Waals surface area (Å²) in [5, 5.41) is 13.1. The number of hydrogen-bond acceptors (Lipinski definition) is 4. The monoisotopic (exact) mass is 396 g/mol. The molecular formula is C23H25ClN2O2. The molecule has 4 rings (SSSR count). The summed E-state index contributed by atoms with van der Waals surface area (Å²) >= 11 is 6.47. The topological polar surface area (TPSA) is 35.9 Å². The van der Waals surface area contributed by atoms with E-state index in [2.05, 4.69) is 34.1 Å². The van der Waals surface area contributed by atoms with Crippen molar-refractivity contribution in [2.24, 2.45) is 0 Å². The molecule has 0 spiro atoms. The van der Waals surface area contributed by atoms with Gasteiger partial charge in [-0.15, -0.1) is 0 Å². The number of anilines is 1. The number of piperazine rings is 1. The second-order valence-electron chi connectivity index (χ2n) is 7.19. The molecule has 1 atom stereocenters. The first kappa shape index (κ1) is 19.1. The van der Waals surface area contributed by atoms with E-state index in [1.807, 2.05) is 42.5 Å². The predicted molar refractivity (Wildman–Crippen MR) is 116 cm³/mol. The molecule has 146 valence electrons. The van der Waals surface area contributed by atoms with Gasteiger partial charge in [-0.1, -0.05) is 60.1 Å². The van der Waals surface area contributed by atoms with Gasteiger partial charge in [0.15, 0.2) is 0 Å². The fourth-order valence-corrected chi connectivity index (χ4v) is 3.98. The number of aliphatic hydroxyl groups is 1. The zero-order chi connectivity index (χ0) is 19.3.